The van der Waals surface area contributed by atoms with Gasteiger partial charge < -0.3 is 9.84 Å². The van der Waals surface area contributed by atoms with Crippen LogP contribution in [0.1, 0.15) is 37.2 Å². The largest absolute Gasteiger partial charge is 0.390 e. The zero-order valence-electron chi connectivity index (χ0n) is 8.94. The molecule has 0 saturated heterocycles. The number of ether oxygens (including phenoxy) is 1. The average Bonchev–Trinajstić information content (AvgIpc) is 2.79. The van der Waals surface area contributed by atoms with E-state index in [0.29, 0.717) is 11.5 Å². The van der Waals surface area contributed by atoms with Gasteiger partial charge >= 0.3 is 0 Å². The molecule has 0 atom stereocenters. The van der Waals surface area contributed by atoms with E-state index < -0.39 is 0 Å². The van der Waals surface area contributed by atoms with Gasteiger partial charge in [0.25, 0.3) is 0 Å². The van der Waals surface area contributed by atoms with Gasteiger partial charge in [-0.3, -0.25) is 0 Å². The number of rotatable bonds is 3. The van der Waals surface area contributed by atoms with Crippen LogP contribution in [0.15, 0.2) is 12.3 Å². The monoisotopic (exact) mass is 208 g/mol. The van der Waals surface area contributed by atoms with Crippen molar-refractivity contribution in [1.29, 1.82) is 0 Å². The van der Waals surface area contributed by atoms with Gasteiger partial charge in [0.2, 0.25) is 0 Å². The molecule has 1 aromatic rings. The fourth-order valence-electron chi connectivity index (χ4n) is 2.17. The standard InChI is InChI=1S/C11H16N2O2/c1-15-11(5-2-3-6-11)10-12-7-4-9(8-14)13-10/h4,7,14H,2-3,5-6,8H2,1H3. The van der Waals surface area contributed by atoms with E-state index >= 15 is 0 Å². The Morgan fingerprint density at radius 2 is 2.20 bits per heavy atom. The van der Waals surface area contributed by atoms with Crippen LogP contribution in [0.2, 0.25) is 0 Å². The molecule has 0 amide bonds. The van der Waals surface area contributed by atoms with E-state index in [1.807, 2.05) is 0 Å². The highest BCUT2D eigenvalue weighted by atomic mass is 16.5. The molecule has 0 radical (unpaired) electrons. The first-order chi connectivity index (χ1) is 7.30. The van der Waals surface area contributed by atoms with Crippen molar-refractivity contribution >= 4 is 0 Å². The summed E-state index contributed by atoms with van der Waals surface area (Å²) in [4.78, 5) is 8.60. The van der Waals surface area contributed by atoms with Crippen molar-refractivity contribution in [3.8, 4) is 0 Å². The predicted octanol–water partition coefficient (Wildman–Crippen LogP) is 1.38. The van der Waals surface area contributed by atoms with Crippen molar-refractivity contribution in [3.63, 3.8) is 0 Å². The summed E-state index contributed by atoms with van der Waals surface area (Å²) in [5.74, 6) is 0.717. The Bertz CT molecular complexity index is 335. The van der Waals surface area contributed by atoms with E-state index in [-0.39, 0.29) is 12.2 Å². The van der Waals surface area contributed by atoms with Crippen LogP contribution in [0, 0.1) is 0 Å². The summed E-state index contributed by atoms with van der Waals surface area (Å²) in [6.07, 6.45) is 5.94. The van der Waals surface area contributed by atoms with Gasteiger partial charge in [-0.25, -0.2) is 9.97 Å². The summed E-state index contributed by atoms with van der Waals surface area (Å²) < 4.78 is 5.58. The third-order valence-electron chi connectivity index (χ3n) is 3.08. The van der Waals surface area contributed by atoms with Crippen LogP contribution in [-0.4, -0.2) is 22.2 Å². The Balaban J connectivity index is 2.33. The number of hydrogen-bond donors (Lipinski definition) is 1. The number of aliphatic hydroxyl groups excluding tert-OH is 1. The van der Waals surface area contributed by atoms with Crippen LogP contribution in [-0.2, 0) is 16.9 Å². The Kier molecular flexibility index (Phi) is 2.98. The zero-order chi connectivity index (χ0) is 10.7. The Morgan fingerprint density at radius 3 is 2.80 bits per heavy atom. The van der Waals surface area contributed by atoms with E-state index in [4.69, 9.17) is 9.84 Å². The Hall–Kier alpha value is -1.00. The van der Waals surface area contributed by atoms with E-state index in [9.17, 15) is 0 Å². The first-order valence-corrected chi connectivity index (χ1v) is 5.29. The summed E-state index contributed by atoms with van der Waals surface area (Å²) in [6.45, 7) is -0.0463. The Labute approximate surface area is 89.3 Å². The van der Waals surface area contributed by atoms with E-state index in [0.717, 1.165) is 25.7 Å². The molecule has 15 heavy (non-hydrogen) atoms. The Morgan fingerprint density at radius 1 is 1.47 bits per heavy atom. The number of aliphatic hydroxyl groups is 1. The molecule has 1 aliphatic carbocycles. The van der Waals surface area contributed by atoms with Gasteiger partial charge in [-0.2, -0.15) is 0 Å². The second-order valence-corrected chi connectivity index (χ2v) is 3.94. The maximum absolute atomic E-state index is 9.03. The van der Waals surface area contributed by atoms with Gasteiger partial charge in [0.05, 0.1) is 12.3 Å². The first kappa shape index (κ1) is 10.5. The van der Waals surface area contributed by atoms with Gasteiger partial charge in [-0.1, -0.05) is 0 Å². The molecule has 82 valence electrons. The van der Waals surface area contributed by atoms with Crippen LogP contribution in [0.3, 0.4) is 0 Å². The van der Waals surface area contributed by atoms with E-state index in [2.05, 4.69) is 9.97 Å². The summed E-state index contributed by atoms with van der Waals surface area (Å²) in [5, 5.41) is 9.03. The highest BCUT2D eigenvalue weighted by molar-refractivity contribution is 5.09. The van der Waals surface area contributed by atoms with Crippen LogP contribution in [0.25, 0.3) is 0 Å². The fraction of sp³-hybridized carbons (Fsp3) is 0.636. The molecule has 0 aromatic carbocycles. The molecule has 1 heterocycles. The van der Waals surface area contributed by atoms with Crippen molar-refractivity contribution < 1.29 is 9.84 Å². The second kappa shape index (κ2) is 4.24. The first-order valence-electron chi connectivity index (χ1n) is 5.29. The third kappa shape index (κ3) is 1.87. The van der Waals surface area contributed by atoms with Crippen molar-refractivity contribution in [2.45, 2.75) is 37.9 Å². The van der Waals surface area contributed by atoms with Gasteiger partial charge in [0.1, 0.15) is 5.60 Å². The lowest BCUT2D eigenvalue weighted by Crippen LogP contribution is -2.27. The minimum absolute atomic E-state index is 0.0463. The third-order valence-corrected chi connectivity index (χ3v) is 3.08. The van der Waals surface area contributed by atoms with Crippen LogP contribution in [0.5, 0.6) is 0 Å². The van der Waals surface area contributed by atoms with Crippen molar-refractivity contribution in [3.05, 3.63) is 23.8 Å². The maximum Gasteiger partial charge on any atom is 0.160 e. The van der Waals surface area contributed by atoms with Gasteiger partial charge in [0.15, 0.2) is 5.82 Å². The minimum Gasteiger partial charge on any atom is -0.390 e. The number of aromatic nitrogens is 2. The minimum atomic E-state index is -0.314. The van der Waals surface area contributed by atoms with Gasteiger partial charge in [-0.05, 0) is 31.7 Å². The molecule has 0 spiro atoms. The van der Waals surface area contributed by atoms with Crippen molar-refractivity contribution in [2.24, 2.45) is 0 Å². The normalized spacial score (nSPS) is 19.3. The molecule has 4 heteroatoms. The summed E-state index contributed by atoms with van der Waals surface area (Å²) in [5.41, 5.74) is 0.342. The van der Waals surface area contributed by atoms with Crippen LogP contribution in [0.4, 0.5) is 0 Å². The molecule has 0 bridgehead atoms. The van der Waals surface area contributed by atoms with Gasteiger partial charge in [0, 0.05) is 13.3 Å². The van der Waals surface area contributed by atoms with Crippen LogP contribution < -0.4 is 0 Å². The molecule has 1 aliphatic rings. The maximum atomic E-state index is 9.03. The lowest BCUT2D eigenvalue weighted by atomic mass is 10.0. The second-order valence-electron chi connectivity index (χ2n) is 3.94. The molecule has 1 aromatic heterocycles. The van der Waals surface area contributed by atoms with Crippen molar-refractivity contribution in [1.82, 2.24) is 9.97 Å². The number of hydrogen-bond acceptors (Lipinski definition) is 4. The van der Waals surface area contributed by atoms with E-state index in [1.54, 1.807) is 19.4 Å². The number of nitrogens with zero attached hydrogens (tertiary/aromatic N) is 2. The van der Waals surface area contributed by atoms with Crippen LogP contribution >= 0.6 is 0 Å². The molecule has 0 unspecified atom stereocenters. The lowest BCUT2D eigenvalue weighted by Gasteiger charge is -2.25. The average molecular weight is 208 g/mol. The van der Waals surface area contributed by atoms with Gasteiger partial charge in [-0.15, -0.1) is 0 Å². The summed E-state index contributed by atoms with van der Waals surface area (Å²) in [6, 6.07) is 1.72. The highest BCUT2D eigenvalue weighted by Crippen LogP contribution is 2.39. The lowest BCUT2D eigenvalue weighted by molar-refractivity contribution is -0.0166. The molecule has 2 rings (SSSR count). The van der Waals surface area contributed by atoms with E-state index in [1.165, 1.54) is 0 Å². The zero-order valence-corrected chi connectivity index (χ0v) is 8.94. The molecular weight excluding hydrogens is 192 g/mol. The molecular formula is C11H16N2O2. The summed E-state index contributed by atoms with van der Waals surface area (Å²) >= 11 is 0. The number of methoxy groups -OCH3 is 1. The molecule has 0 aliphatic heterocycles. The predicted molar refractivity (Wildman–Crippen MR) is 55.1 cm³/mol. The molecule has 1 N–H and O–H groups in total. The molecule has 1 saturated carbocycles. The SMILES string of the molecule is COC1(c2nccc(CO)n2)CCCC1. The molecule has 4 nitrogen and oxygen atoms in total. The fourth-order valence-corrected chi connectivity index (χ4v) is 2.17. The quantitative estimate of drug-likeness (QED) is 0.815. The topological polar surface area (TPSA) is 55.2 Å². The summed E-state index contributed by atoms with van der Waals surface area (Å²) in [7, 11) is 1.71. The van der Waals surface area contributed by atoms with Crippen molar-refractivity contribution in [2.75, 3.05) is 7.11 Å². The highest BCUT2D eigenvalue weighted by Gasteiger charge is 2.38. The smallest absolute Gasteiger partial charge is 0.160 e. The molecule has 1 fully saturated rings.